The number of amides is 5. The van der Waals surface area contributed by atoms with Gasteiger partial charge in [-0.05, 0) is 151 Å². The van der Waals surface area contributed by atoms with E-state index in [9.17, 15) is 24.0 Å². The van der Waals surface area contributed by atoms with Crippen molar-refractivity contribution in [3.8, 4) is 22.5 Å². The highest BCUT2D eigenvalue weighted by atomic mass is 16.6. The summed E-state index contributed by atoms with van der Waals surface area (Å²) in [4.78, 5) is 67.5. The Labute approximate surface area is 369 Å². The molecule has 0 bridgehead atoms. The monoisotopic (exact) mass is 863 g/mol. The van der Waals surface area contributed by atoms with Gasteiger partial charge in [0.15, 0.2) is 0 Å². The number of alkyl carbamates (subject to hydrolysis) is 1. The van der Waals surface area contributed by atoms with Crippen LogP contribution in [0.4, 0.5) is 21.0 Å². The van der Waals surface area contributed by atoms with E-state index in [2.05, 4.69) is 41.9 Å². The van der Waals surface area contributed by atoms with Crippen LogP contribution in [0, 0.1) is 24.7 Å². The molecule has 3 aromatic carbocycles. The van der Waals surface area contributed by atoms with Crippen molar-refractivity contribution in [3.05, 3.63) is 77.9 Å². The zero-order valence-electron chi connectivity index (χ0n) is 37.4. The molecular formula is C47H61N9O7. The van der Waals surface area contributed by atoms with Crippen molar-refractivity contribution in [2.24, 2.45) is 17.8 Å². The fraction of sp³-hybridized carbons (Fsp3) is 0.489. The maximum Gasteiger partial charge on any atom is 0.410 e. The normalized spacial score (nSPS) is 17.5. The van der Waals surface area contributed by atoms with Gasteiger partial charge in [0.1, 0.15) is 17.2 Å². The van der Waals surface area contributed by atoms with Gasteiger partial charge in [-0.15, -0.1) is 10.2 Å². The van der Waals surface area contributed by atoms with Crippen LogP contribution in [0.25, 0.3) is 22.5 Å². The Kier molecular flexibility index (Phi) is 14.8. The smallest absolute Gasteiger partial charge is 0.410 e. The number of piperidine rings is 1. The van der Waals surface area contributed by atoms with Crippen molar-refractivity contribution in [1.29, 1.82) is 0 Å². The van der Waals surface area contributed by atoms with Crippen LogP contribution in [0.1, 0.15) is 91.2 Å². The maximum absolute atomic E-state index is 13.9. The molecule has 0 spiro atoms. The van der Waals surface area contributed by atoms with Crippen molar-refractivity contribution in [2.75, 3.05) is 30.3 Å². The number of aromatic nitrogens is 4. The molecular weight excluding hydrogens is 803 g/mol. The van der Waals surface area contributed by atoms with Crippen LogP contribution in [-0.2, 0) is 30.3 Å². The second-order valence-corrected chi connectivity index (χ2v) is 18.6. The molecule has 0 radical (unpaired) electrons. The number of carbonyl (C=O) groups excluding carboxylic acids is 5. The third-order valence-electron chi connectivity index (χ3n) is 11.3. The lowest BCUT2D eigenvalue weighted by Gasteiger charge is -2.33. The predicted octanol–water partition coefficient (Wildman–Crippen LogP) is 7.42. The molecule has 1 aromatic heterocycles. The van der Waals surface area contributed by atoms with Crippen LogP contribution in [0.15, 0.2) is 66.7 Å². The molecule has 4 aromatic rings. The number of rotatable bonds is 12. The lowest BCUT2D eigenvalue weighted by atomic mass is 9.81. The van der Waals surface area contributed by atoms with Crippen LogP contribution in [0.3, 0.4) is 0 Å². The Hall–Kier alpha value is -6.32. The molecule has 1 atom stereocenters. The first-order valence-corrected chi connectivity index (χ1v) is 21.8. The third kappa shape index (κ3) is 13.6. The van der Waals surface area contributed by atoms with E-state index in [4.69, 9.17) is 9.47 Å². The number of tetrazole rings is 1. The molecule has 16 heteroatoms. The van der Waals surface area contributed by atoms with Gasteiger partial charge < -0.3 is 35.6 Å². The minimum absolute atomic E-state index is 0.0769. The van der Waals surface area contributed by atoms with E-state index in [1.54, 1.807) is 29.2 Å². The molecule has 1 aliphatic carbocycles. The Bertz CT molecular complexity index is 2200. The lowest BCUT2D eigenvalue weighted by Crippen LogP contribution is -2.48. The molecule has 1 saturated heterocycles. The number of hydrogen-bond donors (Lipinski definition) is 5. The van der Waals surface area contributed by atoms with E-state index in [0.717, 1.165) is 40.7 Å². The number of ether oxygens (including phenoxy) is 2. The Balaban J connectivity index is 1.09. The number of carbonyl (C=O) groups is 5. The van der Waals surface area contributed by atoms with Crippen molar-refractivity contribution in [1.82, 2.24) is 36.2 Å². The summed E-state index contributed by atoms with van der Waals surface area (Å²) in [5, 5.41) is 26.1. The zero-order valence-corrected chi connectivity index (χ0v) is 37.4. The Morgan fingerprint density at radius 2 is 1.37 bits per heavy atom. The summed E-state index contributed by atoms with van der Waals surface area (Å²) in [7, 11) is 0. The largest absolute Gasteiger partial charge is 0.444 e. The number of nitrogens with zero attached hydrogens (tertiary/aromatic N) is 4. The summed E-state index contributed by atoms with van der Waals surface area (Å²) in [6.07, 6.45) is 3.34. The van der Waals surface area contributed by atoms with Gasteiger partial charge in [0.25, 0.3) is 0 Å². The molecule has 2 fully saturated rings. The van der Waals surface area contributed by atoms with Gasteiger partial charge in [-0.25, -0.2) is 9.59 Å². The average molecular weight is 864 g/mol. The number of H-pyrrole nitrogens is 1. The van der Waals surface area contributed by atoms with Crippen LogP contribution in [-0.4, -0.2) is 92.3 Å². The number of aromatic amines is 1. The second kappa shape index (κ2) is 20.2. The lowest BCUT2D eigenvalue weighted by molar-refractivity contribution is -0.130. The van der Waals surface area contributed by atoms with E-state index < -0.39 is 23.3 Å². The number of nitrogens with one attached hydrogen (secondary N) is 5. The highest BCUT2D eigenvalue weighted by Crippen LogP contribution is 2.30. The fourth-order valence-corrected chi connectivity index (χ4v) is 7.78. The summed E-state index contributed by atoms with van der Waals surface area (Å²) in [5.74, 6) is -0.452. The van der Waals surface area contributed by atoms with E-state index in [-0.39, 0.29) is 48.0 Å². The molecule has 5 N–H and O–H groups in total. The number of hydrogen-bond acceptors (Lipinski definition) is 10. The summed E-state index contributed by atoms with van der Waals surface area (Å²) < 4.78 is 10.9. The van der Waals surface area contributed by atoms with E-state index in [1.807, 2.05) is 90.9 Å². The summed E-state index contributed by atoms with van der Waals surface area (Å²) in [6, 6.07) is 19.9. The van der Waals surface area contributed by atoms with Crippen molar-refractivity contribution in [2.45, 2.75) is 111 Å². The summed E-state index contributed by atoms with van der Waals surface area (Å²) in [6.45, 7) is 14.3. The fourth-order valence-electron chi connectivity index (χ4n) is 7.78. The maximum atomic E-state index is 13.9. The average Bonchev–Trinajstić information content (AvgIpc) is 3.78. The molecule has 63 heavy (non-hydrogen) atoms. The molecule has 1 saturated carbocycles. The quantitative estimate of drug-likeness (QED) is 0.0952. The molecule has 1 unspecified atom stereocenters. The topological polar surface area (TPSA) is 210 Å². The third-order valence-corrected chi connectivity index (χ3v) is 11.3. The zero-order chi connectivity index (χ0) is 45.3. The SMILES string of the molecule is Cc1ccc(-c2ccc(CC(NC(=O)C3CCC(CNC(=O)OC(C)(C)C)CC3)C(=O)Nc3ccc(-c4nn[nH]n4)cc3)cc2)cc1NC(=O)C1CCN(C(=O)OC(C)(C)C)CC1. The number of aryl methyl sites for hydroxylation is 1. The Morgan fingerprint density at radius 3 is 1.98 bits per heavy atom. The standard InChI is InChI=1S/C47H61N9O7/c1-29-8-13-36(27-38(29)50-42(58)35-22-24-56(25-23-35)45(61)63-47(5,6)7)32-14-9-30(10-15-32)26-39(43(59)49-37-20-18-33(19-21-37)40-52-54-55-53-40)51-41(57)34-16-11-31(12-17-34)28-48-44(60)62-46(2,3)4/h8-10,13-15,18-21,27,31,34-35,39H,11-12,16-17,22-26,28H2,1-7H3,(H,48,60)(H,49,59)(H,50,58)(H,51,57)(H,52,53,54,55). The van der Waals surface area contributed by atoms with Gasteiger partial charge in [0.05, 0.1) is 0 Å². The molecule has 1 aliphatic heterocycles. The molecule has 6 rings (SSSR count). The van der Waals surface area contributed by atoms with Crippen LogP contribution in [0.2, 0.25) is 0 Å². The van der Waals surface area contributed by atoms with Gasteiger partial charge in [0, 0.05) is 54.8 Å². The summed E-state index contributed by atoms with van der Waals surface area (Å²) in [5.41, 5.74) is 4.44. The van der Waals surface area contributed by atoms with E-state index in [1.165, 1.54) is 0 Å². The van der Waals surface area contributed by atoms with Gasteiger partial charge in [-0.1, -0.05) is 36.4 Å². The number of benzene rings is 3. The molecule has 16 nitrogen and oxygen atoms in total. The molecule has 2 aliphatic rings. The summed E-state index contributed by atoms with van der Waals surface area (Å²) >= 11 is 0. The van der Waals surface area contributed by atoms with Crippen LogP contribution < -0.4 is 21.3 Å². The highest BCUT2D eigenvalue weighted by Gasteiger charge is 2.32. The molecule has 336 valence electrons. The minimum atomic E-state index is -0.871. The first-order valence-electron chi connectivity index (χ1n) is 21.8. The van der Waals surface area contributed by atoms with Crippen molar-refractivity contribution < 1.29 is 33.4 Å². The van der Waals surface area contributed by atoms with Crippen LogP contribution >= 0.6 is 0 Å². The number of likely N-dealkylation sites (tertiary alicyclic amines) is 1. The minimum Gasteiger partial charge on any atom is -0.444 e. The highest BCUT2D eigenvalue weighted by molar-refractivity contribution is 5.98. The van der Waals surface area contributed by atoms with Crippen LogP contribution in [0.5, 0.6) is 0 Å². The van der Waals surface area contributed by atoms with E-state index >= 15 is 0 Å². The first-order chi connectivity index (χ1) is 29.9. The molecule has 2 heterocycles. The van der Waals surface area contributed by atoms with Crippen molar-refractivity contribution in [3.63, 3.8) is 0 Å². The second-order valence-electron chi connectivity index (χ2n) is 18.6. The Morgan fingerprint density at radius 1 is 0.746 bits per heavy atom. The van der Waals surface area contributed by atoms with Crippen molar-refractivity contribution >= 4 is 41.3 Å². The van der Waals surface area contributed by atoms with Gasteiger partial charge in [-0.3, -0.25) is 14.4 Å². The molecule has 5 amide bonds. The first kappa shape index (κ1) is 46.2. The number of anilines is 2. The van der Waals surface area contributed by atoms with Gasteiger partial charge in [0.2, 0.25) is 23.5 Å². The van der Waals surface area contributed by atoms with Gasteiger partial charge >= 0.3 is 12.2 Å². The van der Waals surface area contributed by atoms with E-state index in [0.29, 0.717) is 62.5 Å². The van der Waals surface area contributed by atoms with Gasteiger partial charge in [-0.2, -0.15) is 5.21 Å². The predicted molar refractivity (Wildman–Crippen MR) is 239 cm³/mol.